The Morgan fingerprint density at radius 2 is 1.13 bits per heavy atom. The quantitative estimate of drug-likeness (QED) is 0.194. The number of hydrogen-bond donors (Lipinski definition) is 3. The second-order valence-electron chi connectivity index (χ2n) is 6.91. The molecule has 0 heterocycles. The Morgan fingerprint density at radius 1 is 0.774 bits per heavy atom. The van der Waals surface area contributed by atoms with Crippen LogP contribution in [-0.4, -0.2) is 65.6 Å². The van der Waals surface area contributed by atoms with Crippen molar-refractivity contribution in [1.82, 2.24) is 0 Å². The molecule has 0 fully saturated rings. The van der Waals surface area contributed by atoms with Crippen molar-refractivity contribution in [3.63, 3.8) is 0 Å². The Hall–Kier alpha value is 1.63. The van der Waals surface area contributed by atoms with Crippen LogP contribution in [0.2, 0.25) is 0 Å². The normalized spacial score (nSPS) is 15.8. The van der Waals surface area contributed by atoms with E-state index in [4.69, 9.17) is 18.8 Å². The van der Waals surface area contributed by atoms with Crippen LogP contribution in [0.15, 0.2) is 0 Å². The molecule has 0 aliphatic rings. The molecule has 0 saturated carbocycles. The zero-order chi connectivity index (χ0) is 23.8. The SMILES string of the molecule is CCCCC(CC)COP(=O)(O)OCC(CC)CCCC.O=P([O-])([O-])OP(=O)(O)O.[Ca+2]. The van der Waals surface area contributed by atoms with E-state index in [1.807, 2.05) is 0 Å². The van der Waals surface area contributed by atoms with Gasteiger partial charge in [0.25, 0.3) is 0 Å². The van der Waals surface area contributed by atoms with Crippen LogP contribution < -0.4 is 9.79 Å². The van der Waals surface area contributed by atoms with Crippen LogP contribution in [0, 0.1) is 11.8 Å². The predicted octanol–water partition coefficient (Wildman–Crippen LogP) is 3.10. The van der Waals surface area contributed by atoms with Crippen molar-refractivity contribution in [2.45, 2.75) is 79.1 Å². The minimum Gasteiger partial charge on any atom is -0.789 e. The second-order valence-corrected chi connectivity index (χ2v) is 10.9. The maximum atomic E-state index is 11.9. The van der Waals surface area contributed by atoms with E-state index in [1.54, 1.807) is 0 Å². The van der Waals surface area contributed by atoms with E-state index in [2.05, 4.69) is 32.0 Å². The molecule has 0 aromatic carbocycles. The Bertz CT molecular complexity index is 523. The summed E-state index contributed by atoms with van der Waals surface area (Å²) >= 11 is 0. The van der Waals surface area contributed by atoms with Gasteiger partial charge in [-0.25, -0.2) is 9.13 Å². The van der Waals surface area contributed by atoms with Crippen molar-refractivity contribution in [3.05, 3.63) is 0 Å². The van der Waals surface area contributed by atoms with Gasteiger partial charge in [-0.3, -0.25) is 13.4 Å². The summed E-state index contributed by atoms with van der Waals surface area (Å²) in [5.74, 6) is 0.687. The minimum absolute atomic E-state index is 0. The van der Waals surface area contributed by atoms with Gasteiger partial charge >= 0.3 is 53.4 Å². The van der Waals surface area contributed by atoms with E-state index in [9.17, 15) is 28.4 Å². The predicted molar refractivity (Wildman–Crippen MR) is 115 cm³/mol. The average molecular weight is 538 g/mol. The Labute approximate surface area is 215 Å². The molecule has 3 N–H and O–H groups in total. The summed E-state index contributed by atoms with van der Waals surface area (Å²) in [4.78, 5) is 43.9. The van der Waals surface area contributed by atoms with Crippen LogP contribution >= 0.6 is 23.5 Å². The molecule has 0 spiro atoms. The van der Waals surface area contributed by atoms with Crippen molar-refractivity contribution in [3.8, 4) is 0 Å². The van der Waals surface area contributed by atoms with Crippen LogP contribution in [-0.2, 0) is 27.1 Å². The van der Waals surface area contributed by atoms with Gasteiger partial charge in [0, 0.05) is 0 Å². The van der Waals surface area contributed by atoms with Gasteiger partial charge < -0.3 is 29.0 Å². The average Bonchev–Trinajstić information content (AvgIpc) is 2.59. The zero-order valence-corrected chi connectivity index (χ0v) is 23.8. The summed E-state index contributed by atoms with van der Waals surface area (Å²) < 4.78 is 43.9. The molecule has 0 rings (SSSR count). The molecule has 0 aromatic heterocycles. The molecule has 2 unspecified atom stereocenters. The Morgan fingerprint density at radius 3 is 1.32 bits per heavy atom. The van der Waals surface area contributed by atoms with Crippen LogP contribution in [0.1, 0.15) is 79.1 Å². The standard InChI is InChI=1S/C16H35O4P.Ca.H4O7P2/c1-5-9-11-15(7-3)13-19-21(17,18)20-14-16(8-4)12-10-6-2;;1-8(2,3)7-9(4,5)6/h15-16H,5-14H2,1-4H3,(H,17,18);;(H2,1,2,3)(H2,4,5,6)/q;+2;/p-2. The van der Waals surface area contributed by atoms with E-state index < -0.39 is 23.5 Å². The summed E-state index contributed by atoms with van der Waals surface area (Å²) in [5.41, 5.74) is 0. The topological polar surface area (TPSA) is 186 Å². The fourth-order valence-corrected chi connectivity index (χ4v) is 4.28. The third-order valence-corrected chi connectivity index (χ3v) is 6.84. The number of unbranched alkanes of at least 4 members (excludes halogenated alkanes) is 2. The van der Waals surface area contributed by atoms with Gasteiger partial charge in [0.15, 0.2) is 0 Å². The minimum atomic E-state index is -5.55. The van der Waals surface area contributed by atoms with E-state index >= 15 is 0 Å². The first-order valence-electron chi connectivity index (χ1n) is 10.1. The number of phosphoric ester groups is 1. The first kappa shape index (κ1) is 37.2. The van der Waals surface area contributed by atoms with E-state index in [0.717, 1.165) is 51.4 Å². The van der Waals surface area contributed by atoms with Crippen molar-refractivity contribution in [2.75, 3.05) is 13.2 Å². The van der Waals surface area contributed by atoms with Gasteiger partial charge in [0.2, 0.25) is 0 Å². The molecule has 15 heteroatoms. The molecule has 2 atom stereocenters. The smallest absolute Gasteiger partial charge is 0.789 e. The first-order chi connectivity index (χ1) is 13.7. The van der Waals surface area contributed by atoms with E-state index in [1.165, 1.54) is 0 Å². The molecule has 0 bridgehead atoms. The first-order valence-corrected chi connectivity index (χ1v) is 14.6. The molecule has 0 saturated heterocycles. The molecule has 0 aromatic rings. The summed E-state index contributed by atoms with van der Waals surface area (Å²) in [6.07, 6.45) is 8.56. The molecule has 0 aliphatic carbocycles. The number of rotatable bonds is 16. The molecule has 0 aliphatic heterocycles. The van der Waals surface area contributed by atoms with E-state index in [-0.39, 0.29) is 37.7 Å². The summed E-state index contributed by atoms with van der Waals surface area (Å²) in [6, 6.07) is 0. The van der Waals surface area contributed by atoms with E-state index in [0.29, 0.717) is 25.0 Å². The largest absolute Gasteiger partial charge is 2.00 e. The van der Waals surface area contributed by atoms with Gasteiger partial charge in [0.1, 0.15) is 0 Å². The van der Waals surface area contributed by atoms with Gasteiger partial charge in [-0.1, -0.05) is 66.2 Å². The molecular formula is C16H37CaO11P3. The fourth-order valence-electron chi connectivity index (χ4n) is 2.36. The molecule has 31 heavy (non-hydrogen) atoms. The van der Waals surface area contributed by atoms with Gasteiger partial charge in [-0.2, -0.15) is 0 Å². The molecular weight excluding hydrogens is 501 g/mol. The molecule has 0 radical (unpaired) electrons. The summed E-state index contributed by atoms with van der Waals surface area (Å²) in [5, 5.41) is 0. The summed E-state index contributed by atoms with van der Waals surface area (Å²) in [7, 11) is -14.6. The molecule has 0 amide bonds. The van der Waals surface area contributed by atoms with Crippen LogP contribution in [0.5, 0.6) is 0 Å². The van der Waals surface area contributed by atoms with Crippen molar-refractivity contribution >= 4 is 61.2 Å². The maximum Gasteiger partial charge on any atom is 2.00 e. The third kappa shape index (κ3) is 27.8. The third-order valence-electron chi connectivity index (χ3n) is 4.24. The monoisotopic (exact) mass is 538 g/mol. The zero-order valence-electron chi connectivity index (χ0n) is 18.9. The Balaban J connectivity index is -0.000000662. The van der Waals surface area contributed by atoms with Crippen LogP contribution in [0.3, 0.4) is 0 Å². The van der Waals surface area contributed by atoms with Crippen molar-refractivity contribution in [1.29, 1.82) is 0 Å². The second kappa shape index (κ2) is 19.9. The van der Waals surface area contributed by atoms with Gasteiger partial charge in [-0.05, 0) is 24.7 Å². The maximum absolute atomic E-state index is 11.9. The molecule has 11 nitrogen and oxygen atoms in total. The fraction of sp³-hybridized carbons (Fsp3) is 1.00. The van der Waals surface area contributed by atoms with Gasteiger partial charge in [-0.15, -0.1) is 0 Å². The molecule has 184 valence electrons. The van der Waals surface area contributed by atoms with Crippen molar-refractivity contribution in [2.24, 2.45) is 11.8 Å². The number of phosphoric acid groups is 3. The summed E-state index contributed by atoms with van der Waals surface area (Å²) in [6.45, 7) is 9.10. The number of hydrogen-bond acceptors (Lipinski definition) is 8. The Kier molecular flexibility index (Phi) is 23.9. The van der Waals surface area contributed by atoms with Crippen LogP contribution in [0.25, 0.3) is 0 Å². The van der Waals surface area contributed by atoms with Crippen molar-refractivity contribution < 1.29 is 51.5 Å². The van der Waals surface area contributed by atoms with Gasteiger partial charge in [0.05, 0.1) is 21.0 Å². The van der Waals surface area contributed by atoms with Crippen LogP contribution in [0.4, 0.5) is 0 Å².